The summed E-state index contributed by atoms with van der Waals surface area (Å²) < 4.78 is 50.1. The molecular weight excluding hydrogens is 391 g/mol. The van der Waals surface area contributed by atoms with Gasteiger partial charge in [0.2, 0.25) is 10.0 Å². The van der Waals surface area contributed by atoms with E-state index in [1.54, 1.807) is 0 Å². The van der Waals surface area contributed by atoms with E-state index in [-0.39, 0.29) is 34.9 Å². The molecule has 1 fully saturated rings. The first kappa shape index (κ1) is 20.2. The molecule has 0 amide bonds. The number of Topliss-reactive ketones (excluding diaryl/α,β-unsaturated/α-hetero) is 1. The zero-order chi connectivity index (χ0) is 20.5. The highest BCUT2D eigenvalue weighted by atomic mass is 32.2. The van der Waals surface area contributed by atoms with Gasteiger partial charge >= 0.3 is 5.97 Å². The Bertz CT molecular complexity index is 997. The molecule has 2 aromatic rings. The SMILES string of the molecule is Cc1noc(C)c1S(=O)(=O)N1CCC[C@H]1C(=O)OCC(=O)c1cccc(F)c1. The topological polar surface area (TPSA) is 107 Å². The van der Waals surface area contributed by atoms with Crippen LogP contribution in [0.1, 0.15) is 34.7 Å². The van der Waals surface area contributed by atoms with Gasteiger partial charge in [-0.15, -0.1) is 0 Å². The monoisotopic (exact) mass is 410 g/mol. The highest BCUT2D eigenvalue weighted by molar-refractivity contribution is 7.89. The van der Waals surface area contributed by atoms with Gasteiger partial charge in [0.15, 0.2) is 18.2 Å². The Morgan fingerprint density at radius 3 is 2.75 bits per heavy atom. The van der Waals surface area contributed by atoms with Crippen LogP contribution in [-0.4, -0.2) is 48.8 Å². The Kier molecular flexibility index (Phi) is 5.61. The number of nitrogens with zero attached hydrogens (tertiary/aromatic N) is 2. The Labute approximate surface area is 161 Å². The van der Waals surface area contributed by atoms with Gasteiger partial charge in [-0.3, -0.25) is 9.59 Å². The van der Waals surface area contributed by atoms with Crippen molar-refractivity contribution in [2.45, 2.75) is 37.6 Å². The minimum atomic E-state index is -4.01. The van der Waals surface area contributed by atoms with Gasteiger partial charge in [-0.1, -0.05) is 17.3 Å². The van der Waals surface area contributed by atoms with Gasteiger partial charge in [0.25, 0.3) is 0 Å². The predicted molar refractivity (Wildman–Crippen MR) is 94.6 cm³/mol. The Morgan fingerprint density at radius 1 is 1.36 bits per heavy atom. The number of ketones is 1. The standard InChI is InChI=1S/C18H19FN2O6S/c1-11-17(12(2)27-20-11)28(24,25)21-8-4-7-15(21)18(23)26-10-16(22)13-5-3-6-14(19)9-13/h3,5-6,9,15H,4,7-8,10H2,1-2H3/t15-/m0/s1. The largest absolute Gasteiger partial charge is 0.456 e. The third-order valence-electron chi connectivity index (χ3n) is 4.50. The van der Waals surface area contributed by atoms with E-state index in [1.807, 2.05) is 0 Å². The maximum Gasteiger partial charge on any atom is 0.324 e. The van der Waals surface area contributed by atoms with Gasteiger partial charge < -0.3 is 9.26 Å². The number of hydrogen-bond donors (Lipinski definition) is 0. The molecule has 2 heterocycles. The third-order valence-corrected chi connectivity index (χ3v) is 6.66. The highest BCUT2D eigenvalue weighted by Crippen LogP contribution is 2.30. The molecule has 1 atom stereocenters. The average Bonchev–Trinajstić information content (AvgIpc) is 3.27. The van der Waals surface area contributed by atoms with Crippen molar-refractivity contribution >= 4 is 21.8 Å². The van der Waals surface area contributed by atoms with E-state index in [0.717, 1.165) is 10.4 Å². The van der Waals surface area contributed by atoms with E-state index in [4.69, 9.17) is 9.26 Å². The number of hydrogen-bond acceptors (Lipinski definition) is 7. The number of benzene rings is 1. The van der Waals surface area contributed by atoms with E-state index < -0.39 is 40.2 Å². The molecule has 3 rings (SSSR count). The summed E-state index contributed by atoms with van der Waals surface area (Å²) in [6.45, 7) is 2.53. The molecule has 1 aliphatic rings. The van der Waals surface area contributed by atoms with Crippen LogP contribution in [0.2, 0.25) is 0 Å². The number of carbonyl (C=O) groups excluding carboxylic acids is 2. The summed E-state index contributed by atoms with van der Waals surface area (Å²) >= 11 is 0. The molecule has 1 aromatic heterocycles. The van der Waals surface area contributed by atoms with Gasteiger partial charge in [0, 0.05) is 12.1 Å². The maximum atomic E-state index is 13.2. The summed E-state index contributed by atoms with van der Waals surface area (Å²) in [5.41, 5.74) is 0.275. The fraction of sp³-hybridized carbons (Fsp3) is 0.389. The van der Waals surface area contributed by atoms with Crippen LogP contribution in [-0.2, 0) is 19.6 Å². The number of carbonyl (C=O) groups is 2. The Hall–Kier alpha value is -2.59. The highest BCUT2D eigenvalue weighted by Gasteiger charge is 2.42. The minimum absolute atomic E-state index is 0.0666. The van der Waals surface area contributed by atoms with Crippen molar-refractivity contribution in [3.8, 4) is 0 Å². The summed E-state index contributed by atoms with van der Waals surface area (Å²) in [4.78, 5) is 24.5. The van der Waals surface area contributed by atoms with E-state index in [0.29, 0.717) is 6.42 Å². The molecule has 0 spiro atoms. The van der Waals surface area contributed by atoms with Crippen LogP contribution < -0.4 is 0 Å². The number of aryl methyl sites for hydroxylation is 2. The third kappa shape index (κ3) is 3.83. The molecule has 1 aliphatic heterocycles. The van der Waals surface area contributed by atoms with E-state index in [2.05, 4.69) is 5.16 Å². The molecule has 0 bridgehead atoms. The van der Waals surface area contributed by atoms with Crippen molar-refractivity contribution in [3.63, 3.8) is 0 Å². The van der Waals surface area contributed by atoms with Gasteiger partial charge in [0.05, 0.1) is 0 Å². The van der Waals surface area contributed by atoms with Crippen molar-refractivity contribution < 1.29 is 31.7 Å². The number of sulfonamides is 1. The van der Waals surface area contributed by atoms with Crippen LogP contribution in [0.5, 0.6) is 0 Å². The second kappa shape index (κ2) is 7.80. The van der Waals surface area contributed by atoms with Gasteiger partial charge in [-0.2, -0.15) is 4.31 Å². The zero-order valence-corrected chi connectivity index (χ0v) is 16.2. The number of aromatic nitrogens is 1. The number of rotatable bonds is 6. The van der Waals surface area contributed by atoms with Crippen LogP contribution in [0.3, 0.4) is 0 Å². The van der Waals surface area contributed by atoms with Crippen LogP contribution >= 0.6 is 0 Å². The van der Waals surface area contributed by atoms with Crippen LogP contribution in [0, 0.1) is 19.7 Å². The van der Waals surface area contributed by atoms with Crippen molar-refractivity contribution in [3.05, 3.63) is 47.1 Å². The molecule has 150 valence electrons. The normalized spacial score (nSPS) is 17.6. The van der Waals surface area contributed by atoms with Crippen LogP contribution in [0.15, 0.2) is 33.7 Å². The fourth-order valence-electron chi connectivity index (χ4n) is 3.20. The lowest BCUT2D eigenvalue weighted by Gasteiger charge is -2.22. The first-order valence-corrected chi connectivity index (χ1v) is 10.1. The number of esters is 1. The first-order valence-electron chi connectivity index (χ1n) is 8.62. The average molecular weight is 410 g/mol. The molecular formula is C18H19FN2O6S. The van der Waals surface area contributed by atoms with E-state index >= 15 is 0 Å². The molecule has 0 N–H and O–H groups in total. The van der Waals surface area contributed by atoms with Gasteiger partial charge in [-0.25, -0.2) is 12.8 Å². The lowest BCUT2D eigenvalue weighted by molar-refractivity contribution is -0.146. The lowest BCUT2D eigenvalue weighted by atomic mass is 10.1. The second-order valence-corrected chi connectivity index (χ2v) is 8.30. The van der Waals surface area contributed by atoms with Crippen LogP contribution in [0.25, 0.3) is 0 Å². The number of ether oxygens (including phenoxy) is 1. The lowest BCUT2D eigenvalue weighted by Crippen LogP contribution is -2.42. The van der Waals surface area contributed by atoms with Crippen LogP contribution in [0.4, 0.5) is 4.39 Å². The molecule has 28 heavy (non-hydrogen) atoms. The zero-order valence-electron chi connectivity index (χ0n) is 15.3. The second-order valence-electron chi connectivity index (χ2n) is 6.47. The van der Waals surface area contributed by atoms with E-state index in [9.17, 15) is 22.4 Å². The van der Waals surface area contributed by atoms with Crippen molar-refractivity contribution in [1.29, 1.82) is 0 Å². The summed E-state index contributed by atoms with van der Waals surface area (Å²) in [5, 5.41) is 3.65. The summed E-state index contributed by atoms with van der Waals surface area (Å²) in [6, 6.07) is 3.97. The summed E-state index contributed by atoms with van der Waals surface area (Å²) in [6.07, 6.45) is 0.746. The molecule has 1 aromatic carbocycles. The molecule has 10 heteroatoms. The Balaban J connectivity index is 1.72. The van der Waals surface area contributed by atoms with Gasteiger partial charge in [-0.05, 0) is 38.8 Å². The first-order chi connectivity index (χ1) is 13.2. The Morgan fingerprint density at radius 2 is 2.11 bits per heavy atom. The molecule has 8 nitrogen and oxygen atoms in total. The van der Waals surface area contributed by atoms with Gasteiger partial charge in [0.1, 0.15) is 22.4 Å². The van der Waals surface area contributed by atoms with Crippen molar-refractivity contribution in [2.75, 3.05) is 13.2 Å². The molecule has 0 unspecified atom stereocenters. The predicted octanol–water partition coefficient (Wildman–Crippen LogP) is 2.01. The quantitative estimate of drug-likeness (QED) is 0.530. The molecule has 0 aliphatic carbocycles. The minimum Gasteiger partial charge on any atom is -0.456 e. The van der Waals surface area contributed by atoms with Crippen molar-refractivity contribution in [1.82, 2.24) is 9.46 Å². The summed E-state index contributed by atoms with van der Waals surface area (Å²) in [5.74, 6) is -1.84. The number of halogens is 1. The van der Waals surface area contributed by atoms with Crippen molar-refractivity contribution in [2.24, 2.45) is 0 Å². The summed E-state index contributed by atoms with van der Waals surface area (Å²) in [7, 11) is -4.01. The molecule has 0 saturated carbocycles. The fourth-order valence-corrected chi connectivity index (χ4v) is 5.14. The maximum absolute atomic E-state index is 13.2. The molecule has 1 saturated heterocycles. The smallest absolute Gasteiger partial charge is 0.324 e. The van der Waals surface area contributed by atoms with E-state index in [1.165, 1.54) is 32.0 Å². The molecule has 0 radical (unpaired) electrons.